The van der Waals surface area contributed by atoms with E-state index in [2.05, 4.69) is 22.1 Å². The Kier molecular flexibility index (Phi) is 5.33. The summed E-state index contributed by atoms with van der Waals surface area (Å²) in [4.78, 5) is 16.3. The van der Waals surface area contributed by atoms with Gasteiger partial charge in [-0.15, -0.1) is 0 Å². The second-order valence-corrected chi connectivity index (χ2v) is 4.52. The molecule has 2 N–H and O–H groups in total. The summed E-state index contributed by atoms with van der Waals surface area (Å²) in [6.45, 7) is -0.0194. The number of benzene rings is 1. The number of halogens is 1. The normalized spacial score (nSPS) is 9.62. The van der Waals surface area contributed by atoms with Crippen LogP contribution in [-0.4, -0.2) is 22.6 Å². The van der Waals surface area contributed by atoms with Crippen molar-refractivity contribution in [2.45, 2.75) is 6.42 Å². The number of aliphatic hydroxyl groups excluding tert-OH is 1. The molecule has 0 atom stereocenters. The second-order valence-electron chi connectivity index (χ2n) is 4.11. The number of aromatic nitrogens is 1. The van der Waals surface area contributed by atoms with Crippen LogP contribution in [0.5, 0.6) is 0 Å². The van der Waals surface area contributed by atoms with E-state index in [1.54, 1.807) is 36.4 Å². The molecular formula is C16H13ClN2O2. The van der Waals surface area contributed by atoms with Crippen molar-refractivity contribution in [1.29, 1.82) is 0 Å². The molecule has 0 unspecified atom stereocenters. The minimum atomic E-state index is -0.378. The Morgan fingerprint density at radius 3 is 2.86 bits per heavy atom. The van der Waals surface area contributed by atoms with Crippen LogP contribution >= 0.6 is 11.6 Å². The molecule has 0 aliphatic heterocycles. The zero-order chi connectivity index (χ0) is 15.1. The molecule has 1 amide bonds. The van der Waals surface area contributed by atoms with Gasteiger partial charge in [0.1, 0.15) is 5.69 Å². The number of para-hydroxylation sites is 1. The smallest absolute Gasteiger partial charge is 0.275 e. The Bertz CT molecular complexity index is 705. The topological polar surface area (TPSA) is 62.2 Å². The highest BCUT2D eigenvalue weighted by Crippen LogP contribution is 2.21. The number of carbonyl (C=O) groups excluding carboxylic acids is 1. The minimum Gasteiger partial charge on any atom is -0.395 e. The number of carbonyl (C=O) groups is 1. The minimum absolute atomic E-state index is 0.0194. The monoisotopic (exact) mass is 300 g/mol. The predicted octanol–water partition coefficient (Wildman–Crippen LogP) is 2.72. The highest BCUT2D eigenvalue weighted by atomic mass is 35.5. The maximum absolute atomic E-state index is 12.3. The first-order chi connectivity index (χ1) is 10.2. The van der Waals surface area contributed by atoms with Gasteiger partial charge in [0.15, 0.2) is 0 Å². The quantitative estimate of drug-likeness (QED) is 0.857. The number of hydrogen-bond donors (Lipinski definition) is 2. The van der Waals surface area contributed by atoms with Crippen molar-refractivity contribution in [3.8, 4) is 11.8 Å². The van der Waals surface area contributed by atoms with Gasteiger partial charge in [0, 0.05) is 12.6 Å². The third kappa shape index (κ3) is 4.06. The lowest BCUT2D eigenvalue weighted by Crippen LogP contribution is -2.15. The van der Waals surface area contributed by atoms with E-state index in [0.29, 0.717) is 22.7 Å². The third-order valence-corrected chi connectivity index (χ3v) is 2.93. The second kappa shape index (κ2) is 7.44. The van der Waals surface area contributed by atoms with Crippen molar-refractivity contribution in [3.05, 3.63) is 58.9 Å². The summed E-state index contributed by atoms with van der Waals surface area (Å²) >= 11 is 6.01. The largest absolute Gasteiger partial charge is 0.395 e. The van der Waals surface area contributed by atoms with Crippen molar-refractivity contribution in [1.82, 2.24) is 4.98 Å². The first kappa shape index (κ1) is 15.0. The SMILES string of the molecule is O=C(Nc1ccccc1Cl)c1ncccc1C#CCCO. The highest BCUT2D eigenvalue weighted by molar-refractivity contribution is 6.33. The van der Waals surface area contributed by atoms with Gasteiger partial charge in [-0.25, -0.2) is 4.98 Å². The summed E-state index contributed by atoms with van der Waals surface area (Å²) in [5.41, 5.74) is 1.25. The molecule has 0 saturated carbocycles. The van der Waals surface area contributed by atoms with E-state index in [1.807, 2.05) is 0 Å². The van der Waals surface area contributed by atoms with Crippen LogP contribution in [-0.2, 0) is 0 Å². The van der Waals surface area contributed by atoms with Gasteiger partial charge in [-0.05, 0) is 24.3 Å². The van der Waals surface area contributed by atoms with Crippen molar-refractivity contribution < 1.29 is 9.90 Å². The number of nitrogens with zero attached hydrogens (tertiary/aromatic N) is 1. The lowest BCUT2D eigenvalue weighted by atomic mass is 10.1. The molecule has 0 aliphatic rings. The van der Waals surface area contributed by atoms with Crippen molar-refractivity contribution in [3.63, 3.8) is 0 Å². The first-order valence-electron chi connectivity index (χ1n) is 6.33. The maximum atomic E-state index is 12.3. The summed E-state index contributed by atoms with van der Waals surface area (Å²) in [6, 6.07) is 10.4. The van der Waals surface area contributed by atoms with Crippen molar-refractivity contribution >= 4 is 23.2 Å². The molecule has 1 heterocycles. The molecule has 0 radical (unpaired) electrons. The number of amides is 1. The number of nitrogens with one attached hydrogen (secondary N) is 1. The van der Waals surface area contributed by atoms with Crippen LogP contribution in [0.4, 0.5) is 5.69 Å². The van der Waals surface area contributed by atoms with Crippen LogP contribution in [0, 0.1) is 11.8 Å². The molecule has 0 bridgehead atoms. The molecule has 5 heteroatoms. The van der Waals surface area contributed by atoms with Gasteiger partial charge in [0.05, 0.1) is 22.9 Å². The van der Waals surface area contributed by atoms with E-state index < -0.39 is 0 Å². The maximum Gasteiger partial charge on any atom is 0.275 e. The van der Waals surface area contributed by atoms with Crippen molar-refractivity contribution in [2.75, 3.05) is 11.9 Å². The van der Waals surface area contributed by atoms with Crippen LogP contribution in [0.15, 0.2) is 42.6 Å². The van der Waals surface area contributed by atoms with E-state index in [-0.39, 0.29) is 18.2 Å². The van der Waals surface area contributed by atoms with Gasteiger partial charge in [-0.3, -0.25) is 4.79 Å². The van der Waals surface area contributed by atoms with Gasteiger partial charge in [0.2, 0.25) is 0 Å². The Hall–Kier alpha value is -2.35. The number of aliphatic hydroxyl groups is 1. The number of rotatable bonds is 3. The molecule has 0 fully saturated rings. The molecule has 1 aromatic carbocycles. The molecule has 1 aromatic heterocycles. The molecular weight excluding hydrogens is 288 g/mol. The highest BCUT2D eigenvalue weighted by Gasteiger charge is 2.12. The Morgan fingerprint density at radius 1 is 1.29 bits per heavy atom. The lowest BCUT2D eigenvalue weighted by molar-refractivity contribution is 0.102. The van der Waals surface area contributed by atoms with Crippen LogP contribution in [0.2, 0.25) is 5.02 Å². The van der Waals surface area contributed by atoms with Gasteiger partial charge in [-0.2, -0.15) is 0 Å². The van der Waals surface area contributed by atoms with E-state index in [1.165, 1.54) is 6.20 Å². The van der Waals surface area contributed by atoms with Crippen LogP contribution in [0.25, 0.3) is 0 Å². The number of anilines is 1. The molecule has 2 aromatic rings. The molecule has 0 saturated heterocycles. The molecule has 21 heavy (non-hydrogen) atoms. The van der Waals surface area contributed by atoms with Crippen LogP contribution in [0.1, 0.15) is 22.5 Å². The van der Waals surface area contributed by atoms with Crippen molar-refractivity contribution in [2.24, 2.45) is 0 Å². The fraction of sp³-hybridized carbons (Fsp3) is 0.125. The average Bonchev–Trinajstić information content (AvgIpc) is 2.50. The summed E-state index contributed by atoms with van der Waals surface area (Å²) in [6.07, 6.45) is 1.87. The van der Waals surface area contributed by atoms with Gasteiger partial charge >= 0.3 is 0 Å². The van der Waals surface area contributed by atoms with Crippen LogP contribution < -0.4 is 5.32 Å². The Morgan fingerprint density at radius 2 is 2.10 bits per heavy atom. The van der Waals surface area contributed by atoms with E-state index in [9.17, 15) is 4.79 Å². The van der Waals surface area contributed by atoms with Gasteiger partial charge in [-0.1, -0.05) is 35.6 Å². The Labute approximate surface area is 127 Å². The third-order valence-electron chi connectivity index (χ3n) is 2.60. The van der Waals surface area contributed by atoms with Crippen LogP contribution in [0.3, 0.4) is 0 Å². The fourth-order valence-electron chi connectivity index (χ4n) is 1.64. The number of hydrogen-bond acceptors (Lipinski definition) is 3. The summed E-state index contributed by atoms with van der Waals surface area (Å²) < 4.78 is 0. The molecule has 2 rings (SSSR count). The Balaban J connectivity index is 2.24. The number of pyridine rings is 1. The lowest BCUT2D eigenvalue weighted by Gasteiger charge is -2.07. The molecule has 4 nitrogen and oxygen atoms in total. The molecule has 0 spiro atoms. The van der Waals surface area contributed by atoms with E-state index >= 15 is 0 Å². The van der Waals surface area contributed by atoms with Gasteiger partial charge in [0.25, 0.3) is 5.91 Å². The molecule has 106 valence electrons. The zero-order valence-corrected chi connectivity index (χ0v) is 11.9. The zero-order valence-electron chi connectivity index (χ0n) is 11.1. The summed E-state index contributed by atoms with van der Waals surface area (Å²) in [5, 5.41) is 11.9. The fourth-order valence-corrected chi connectivity index (χ4v) is 1.83. The van der Waals surface area contributed by atoms with E-state index in [0.717, 1.165) is 0 Å². The van der Waals surface area contributed by atoms with Gasteiger partial charge < -0.3 is 10.4 Å². The molecule has 0 aliphatic carbocycles. The summed E-state index contributed by atoms with van der Waals surface area (Å²) in [5.74, 6) is 5.23. The average molecular weight is 301 g/mol. The van der Waals surface area contributed by atoms with E-state index in [4.69, 9.17) is 16.7 Å². The standard InChI is InChI=1S/C16H13ClN2O2/c17-13-8-1-2-9-14(13)19-16(21)15-12(6-3-4-11-20)7-5-10-18-15/h1-2,5,7-10,20H,4,11H2,(H,19,21). The summed E-state index contributed by atoms with van der Waals surface area (Å²) in [7, 11) is 0. The predicted molar refractivity (Wildman–Crippen MR) is 82.2 cm³/mol. The first-order valence-corrected chi connectivity index (χ1v) is 6.71.